The van der Waals surface area contributed by atoms with Crippen LogP contribution in [0, 0.1) is 5.92 Å². The summed E-state index contributed by atoms with van der Waals surface area (Å²) in [6.07, 6.45) is 0.403. The monoisotopic (exact) mass is 266 g/mol. The number of carbonyl (C=O) groups excluding carboxylic acids is 1. The topological polar surface area (TPSA) is 69.7 Å². The van der Waals surface area contributed by atoms with E-state index in [1.807, 2.05) is 13.8 Å². The summed E-state index contributed by atoms with van der Waals surface area (Å²) in [5, 5.41) is 0. The zero-order valence-electron chi connectivity index (χ0n) is 11.1. The number of sulfone groups is 1. The molecule has 0 saturated heterocycles. The molecule has 0 rings (SSSR count). The molecule has 6 heteroatoms. The van der Waals surface area contributed by atoms with Crippen LogP contribution in [-0.2, 0) is 24.1 Å². The minimum absolute atomic E-state index is 0.00910. The van der Waals surface area contributed by atoms with E-state index in [1.165, 1.54) is 7.11 Å². The first kappa shape index (κ1) is 16.4. The van der Waals surface area contributed by atoms with Crippen LogP contribution in [-0.4, -0.2) is 45.7 Å². The minimum Gasteiger partial charge on any atom is -0.469 e. The first-order chi connectivity index (χ1) is 7.63. The van der Waals surface area contributed by atoms with Gasteiger partial charge in [-0.05, 0) is 20.3 Å². The highest BCUT2D eigenvalue weighted by Crippen LogP contribution is 2.15. The normalized spacial score (nSPS) is 14.4. The quantitative estimate of drug-likeness (QED) is 0.644. The van der Waals surface area contributed by atoms with Crippen molar-refractivity contribution < 1.29 is 22.7 Å². The average Bonchev–Trinajstić information content (AvgIpc) is 2.25. The van der Waals surface area contributed by atoms with Crippen LogP contribution in [0.3, 0.4) is 0 Å². The summed E-state index contributed by atoms with van der Waals surface area (Å²) >= 11 is 0. The highest BCUT2D eigenvalue weighted by molar-refractivity contribution is 7.91. The van der Waals surface area contributed by atoms with Gasteiger partial charge in [0.2, 0.25) is 0 Å². The SMILES string of the molecule is COC(=O)C(C)CS(=O)(=O)CCC(C)(C)OC. The molecule has 102 valence electrons. The Labute approximate surface area is 103 Å². The van der Waals surface area contributed by atoms with Crippen molar-refractivity contribution in [1.29, 1.82) is 0 Å². The van der Waals surface area contributed by atoms with Gasteiger partial charge < -0.3 is 9.47 Å². The number of ether oxygens (including phenoxy) is 2. The van der Waals surface area contributed by atoms with Crippen LogP contribution in [0.5, 0.6) is 0 Å². The summed E-state index contributed by atoms with van der Waals surface area (Å²) < 4.78 is 33.2. The molecule has 0 bridgehead atoms. The van der Waals surface area contributed by atoms with E-state index >= 15 is 0 Å². The maximum absolute atomic E-state index is 11.8. The third kappa shape index (κ3) is 6.63. The van der Waals surface area contributed by atoms with Crippen LogP contribution in [0.4, 0.5) is 0 Å². The fourth-order valence-corrected chi connectivity index (χ4v) is 3.10. The standard InChI is InChI=1S/C11H22O5S/c1-9(10(12)15-4)8-17(13,14)7-6-11(2,3)16-5/h9H,6-8H2,1-5H3. The second kappa shape index (κ2) is 6.35. The molecular weight excluding hydrogens is 244 g/mol. The van der Waals surface area contributed by atoms with Gasteiger partial charge in [0.05, 0.1) is 30.1 Å². The molecule has 0 aliphatic carbocycles. The lowest BCUT2D eigenvalue weighted by Crippen LogP contribution is -2.29. The molecule has 5 nitrogen and oxygen atoms in total. The highest BCUT2D eigenvalue weighted by Gasteiger charge is 2.25. The fourth-order valence-electron chi connectivity index (χ4n) is 1.24. The van der Waals surface area contributed by atoms with Gasteiger partial charge in [-0.15, -0.1) is 0 Å². The summed E-state index contributed by atoms with van der Waals surface area (Å²) in [6, 6.07) is 0. The Morgan fingerprint density at radius 1 is 1.29 bits per heavy atom. The van der Waals surface area contributed by atoms with Crippen LogP contribution >= 0.6 is 0 Å². The molecule has 0 aromatic carbocycles. The predicted molar refractivity (Wildman–Crippen MR) is 65.5 cm³/mol. The van der Waals surface area contributed by atoms with Gasteiger partial charge in [0, 0.05) is 7.11 Å². The number of carbonyl (C=O) groups is 1. The summed E-state index contributed by atoms with van der Waals surface area (Å²) in [4.78, 5) is 11.1. The Kier molecular flexibility index (Phi) is 6.12. The predicted octanol–water partition coefficient (Wildman–Crippen LogP) is 1.03. The number of methoxy groups -OCH3 is 2. The van der Waals surface area contributed by atoms with E-state index in [2.05, 4.69) is 4.74 Å². The lowest BCUT2D eigenvalue weighted by Gasteiger charge is -2.22. The molecule has 0 saturated carbocycles. The largest absolute Gasteiger partial charge is 0.469 e. The first-order valence-electron chi connectivity index (χ1n) is 5.47. The summed E-state index contributed by atoms with van der Waals surface area (Å²) in [5.41, 5.74) is -0.471. The van der Waals surface area contributed by atoms with Gasteiger partial charge in [0.25, 0.3) is 0 Å². The van der Waals surface area contributed by atoms with Gasteiger partial charge in [0.1, 0.15) is 0 Å². The molecule has 17 heavy (non-hydrogen) atoms. The van der Waals surface area contributed by atoms with Gasteiger partial charge in [-0.1, -0.05) is 6.92 Å². The zero-order chi connectivity index (χ0) is 13.7. The average molecular weight is 266 g/mol. The Bertz CT molecular complexity index is 345. The number of hydrogen-bond donors (Lipinski definition) is 0. The smallest absolute Gasteiger partial charge is 0.309 e. The van der Waals surface area contributed by atoms with E-state index in [-0.39, 0.29) is 11.5 Å². The van der Waals surface area contributed by atoms with E-state index in [1.54, 1.807) is 14.0 Å². The molecule has 0 aliphatic heterocycles. The highest BCUT2D eigenvalue weighted by atomic mass is 32.2. The molecule has 0 amide bonds. The summed E-state index contributed by atoms with van der Waals surface area (Å²) in [5.74, 6) is -1.30. The van der Waals surface area contributed by atoms with Gasteiger partial charge in [-0.2, -0.15) is 0 Å². The van der Waals surface area contributed by atoms with Crippen molar-refractivity contribution in [3.63, 3.8) is 0 Å². The van der Waals surface area contributed by atoms with Crippen LogP contribution in [0.1, 0.15) is 27.2 Å². The van der Waals surface area contributed by atoms with Crippen LogP contribution < -0.4 is 0 Å². The maximum atomic E-state index is 11.8. The Hall–Kier alpha value is -0.620. The van der Waals surface area contributed by atoms with Gasteiger partial charge in [-0.25, -0.2) is 8.42 Å². The van der Waals surface area contributed by atoms with Crippen molar-refractivity contribution in [2.45, 2.75) is 32.8 Å². The molecule has 0 spiro atoms. The zero-order valence-corrected chi connectivity index (χ0v) is 12.0. The number of rotatable bonds is 7. The summed E-state index contributed by atoms with van der Waals surface area (Å²) in [6.45, 7) is 5.20. The third-order valence-corrected chi connectivity index (χ3v) is 4.51. The van der Waals surface area contributed by atoms with E-state index in [0.717, 1.165) is 0 Å². The maximum Gasteiger partial charge on any atom is 0.309 e. The van der Waals surface area contributed by atoms with Gasteiger partial charge in [0.15, 0.2) is 9.84 Å². The number of esters is 1. The van der Waals surface area contributed by atoms with Crippen molar-refractivity contribution in [2.75, 3.05) is 25.7 Å². The van der Waals surface area contributed by atoms with Crippen molar-refractivity contribution in [3.8, 4) is 0 Å². The van der Waals surface area contributed by atoms with E-state index < -0.39 is 27.3 Å². The second-order valence-electron chi connectivity index (χ2n) is 4.75. The summed E-state index contributed by atoms with van der Waals surface area (Å²) in [7, 11) is -0.465. The Morgan fingerprint density at radius 3 is 2.24 bits per heavy atom. The van der Waals surface area contributed by atoms with E-state index in [9.17, 15) is 13.2 Å². The molecule has 0 aromatic heterocycles. The van der Waals surface area contributed by atoms with Crippen molar-refractivity contribution in [3.05, 3.63) is 0 Å². The molecule has 0 radical (unpaired) electrons. The molecule has 0 heterocycles. The molecule has 0 aromatic rings. The molecule has 1 unspecified atom stereocenters. The molecule has 0 aliphatic rings. The van der Waals surface area contributed by atoms with E-state index in [0.29, 0.717) is 6.42 Å². The third-order valence-electron chi connectivity index (χ3n) is 2.68. The van der Waals surface area contributed by atoms with Gasteiger partial charge in [-0.3, -0.25) is 4.79 Å². The van der Waals surface area contributed by atoms with Crippen LogP contribution in [0.15, 0.2) is 0 Å². The lowest BCUT2D eigenvalue weighted by atomic mass is 10.1. The first-order valence-corrected chi connectivity index (χ1v) is 7.29. The lowest BCUT2D eigenvalue weighted by molar-refractivity contribution is -0.144. The van der Waals surface area contributed by atoms with Crippen molar-refractivity contribution in [1.82, 2.24) is 0 Å². The molecule has 0 N–H and O–H groups in total. The number of hydrogen-bond acceptors (Lipinski definition) is 5. The van der Waals surface area contributed by atoms with E-state index in [4.69, 9.17) is 4.74 Å². The van der Waals surface area contributed by atoms with Gasteiger partial charge >= 0.3 is 5.97 Å². The molecular formula is C11H22O5S. The molecule has 1 atom stereocenters. The van der Waals surface area contributed by atoms with Crippen LogP contribution in [0.25, 0.3) is 0 Å². The van der Waals surface area contributed by atoms with Crippen LogP contribution in [0.2, 0.25) is 0 Å². The molecule has 0 fully saturated rings. The Balaban J connectivity index is 4.36. The van der Waals surface area contributed by atoms with Crippen molar-refractivity contribution in [2.24, 2.45) is 5.92 Å². The fraction of sp³-hybridized carbons (Fsp3) is 0.909. The van der Waals surface area contributed by atoms with Crippen molar-refractivity contribution >= 4 is 15.8 Å². The minimum atomic E-state index is -3.26. The Morgan fingerprint density at radius 2 is 1.82 bits per heavy atom. The second-order valence-corrected chi connectivity index (χ2v) is 6.98.